The van der Waals surface area contributed by atoms with E-state index in [4.69, 9.17) is 0 Å². The minimum Gasteiger partial charge on any atom is -0.386 e. The third kappa shape index (κ3) is 7.81. The second kappa shape index (κ2) is 11.0. The largest absolute Gasteiger partial charge is 0.391 e. The van der Waals surface area contributed by atoms with Crippen LogP contribution in [0.5, 0.6) is 0 Å². The van der Waals surface area contributed by atoms with Crippen LogP contribution >= 0.6 is 24.0 Å². The molecule has 0 bridgehead atoms. The number of rotatable bonds is 5. The molecule has 2 rings (SSSR count). The first-order valence-corrected chi connectivity index (χ1v) is 8.84. The van der Waals surface area contributed by atoms with Crippen LogP contribution in [0.2, 0.25) is 0 Å². The number of benzene rings is 1. The second-order valence-corrected chi connectivity index (χ2v) is 6.52. The molecule has 0 heterocycles. The number of aliphatic hydroxyl groups is 1. The molecule has 1 atom stereocenters. The number of halogens is 5. The van der Waals surface area contributed by atoms with Crippen LogP contribution in [0, 0.1) is 11.7 Å². The van der Waals surface area contributed by atoms with Crippen LogP contribution < -0.4 is 10.6 Å². The summed E-state index contributed by atoms with van der Waals surface area (Å²) in [5.74, 6) is -1.14. The van der Waals surface area contributed by atoms with Gasteiger partial charge in [-0.2, -0.15) is 13.2 Å². The molecule has 1 unspecified atom stereocenters. The quantitative estimate of drug-likeness (QED) is 0.245. The van der Waals surface area contributed by atoms with E-state index in [1.54, 1.807) is 0 Å². The molecular formula is C18H26F4IN3O. The molecule has 4 nitrogen and oxygen atoms in total. The Labute approximate surface area is 173 Å². The second-order valence-electron chi connectivity index (χ2n) is 6.52. The molecule has 0 radical (unpaired) electrons. The van der Waals surface area contributed by atoms with Gasteiger partial charge in [0.05, 0.1) is 18.6 Å². The van der Waals surface area contributed by atoms with Crippen LogP contribution in [0.1, 0.15) is 44.3 Å². The summed E-state index contributed by atoms with van der Waals surface area (Å²) in [5, 5.41) is 16.3. The SMILES string of the molecule is CCNC(=NCC(O)c1ccc(F)cc1)NC1CCC(C(F)(F)F)CC1.I. The van der Waals surface area contributed by atoms with Crippen LogP contribution in [-0.2, 0) is 0 Å². The van der Waals surface area contributed by atoms with Gasteiger partial charge in [-0.05, 0) is 50.3 Å². The molecule has 1 saturated carbocycles. The van der Waals surface area contributed by atoms with Gasteiger partial charge in [-0.1, -0.05) is 12.1 Å². The highest BCUT2D eigenvalue weighted by Gasteiger charge is 2.41. The van der Waals surface area contributed by atoms with Crippen LogP contribution in [0.3, 0.4) is 0 Å². The van der Waals surface area contributed by atoms with E-state index in [0.717, 1.165) is 0 Å². The Bertz CT molecular complexity index is 587. The summed E-state index contributed by atoms with van der Waals surface area (Å²) in [7, 11) is 0. The molecule has 1 aromatic rings. The Kier molecular flexibility index (Phi) is 9.78. The van der Waals surface area contributed by atoms with Crippen molar-refractivity contribution in [2.75, 3.05) is 13.1 Å². The minimum absolute atomic E-state index is 0. The van der Waals surface area contributed by atoms with Gasteiger partial charge in [-0.25, -0.2) is 4.39 Å². The van der Waals surface area contributed by atoms with Crippen molar-refractivity contribution in [3.63, 3.8) is 0 Å². The average molecular weight is 503 g/mol. The minimum atomic E-state index is -4.12. The fraction of sp³-hybridized carbons (Fsp3) is 0.611. The summed E-state index contributed by atoms with van der Waals surface area (Å²) in [6.45, 7) is 2.55. The topological polar surface area (TPSA) is 56.7 Å². The maximum absolute atomic E-state index is 12.9. The molecule has 1 fully saturated rings. The summed E-state index contributed by atoms with van der Waals surface area (Å²) in [6.07, 6.45) is -3.93. The number of hydrogen-bond donors (Lipinski definition) is 3. The molecule has 9 heteroatoms. The molecule has 1 aliphatic carbocycles. The molecule has 3 N–H and O–H groups in total. The Morgan fingerprint density at radius 3 is 2.30 bits per heavy atom. The first kappa shape index (κ1) is 23.9. The van der Waals surface area contributed by atoms with E-state index < -0.39 is 18.2 Å². The van der Waals surface area contributed by atoms with Crippen molar-refractivity contribution in [1.82, 2.24) is 10.6 Å². The summed E-state index contributed by atoms with van der Waals surface area (Å²) < 4.78 is 51.1. The lowest BCUT2D eigenvalue weighted by Crippen LogP contribution is -2.46. The molecule has 0 spiro atoms. The lowest BCUT2D eigenvalue weighted by Gasteiger charge is -2.31. The summed E-state index contributed by atoms with van der Waals surface area (Å²) in [6, 6.07) is 5.45. The van der Waals surface area contributed by atoms with Crippen LogP contribution in [0.25, 0.3) is 0 Å². The van der Waals surface area contributed by atoms with Gasteiger partial charge in [0.2, 0.25) is 0 Å². The number of aliphatic imine (C=N–C) groups is 1. The van der Waals surface area contributed by atoms with Gasteiger partial charge in [0.15, 0.2) is 5.96 Å². The molecule has 0 amide bonds. The lowest BCUT2D eigenvalue weighted by molar-refractivity contribution is -0.182. The van der Waals surface area contributed by atoms with Gasteiger partial charge >= 0.3 is 6.18 Å². The molecular weight excluding hydrogens is 477 g/mol. The Hall–Kier alpha value is -1.10. The van der Waals surface area contributed by atoms with Crippen molar-refractivity contribution in [3.8, 4) is 0 Å². The summed E-state index contributed by atoms with van der Waals surface area (Å²) in [5.41, 5.74) is 0.552. The molecule has 27 heavy (non-hydrogen) atoms. The van der Waals surface area contributed by atoms with E-state index in [0.29, 0.717) is 30.9 Å². The first-order chi connectivity index (χ1) is 12.3. The number of aliphatic hydroxyl groups excluding tert-OH is 1. The number of nitrogens with one attached hydrogen (secondary N) is 2. The maximum Gasteiger partial charge on any atom is 0.391 e. The number of nitrogens with zero attached hydrogens (tertiary/aromatic N) is 1. The molecule has 154 valence electrons. The van der Waals surface area contributed by atoms with E-state index in [1.165, 1.54) is 24.3 Å². The summed E-state index contributed by atoms with van der Waals surface area (Å²) in [4.78, 5) is 4.30. The normalized spacial score (nSPS) is 21.9. The van der Waals surface area contributed by atoms with Crippen LogP contribution in [0.4, 0.5) is 17.6 Å². The monoisotopic (exact) mass is 503 g/mol. The van der Waals surface area contributed by atoms with Crippen molar-refractivity contribution in [3.05, 3.63) is 35.6 Å². The third-order valence-corrected chi connectivity index (χ3v) is 4.55. The molecule has 0 aromatic heterocycles. The summed E-state index contributed by atoms with van der Waals surface area (Å²) >= 11 is 0. The molecule has 0 aliphatic heterocycles. The van der Waals surface area contributed by atoms with E-state index in [-0.39, 0.29) is 55.2 Å². The zero-order chi connectivity index (χ0) is 19.2. The van der Waals surface area contributed by atoms with Crippen molar-refractivity contribution >= 4 is 29.9 Å². The highest BCUT2D eigenvalue weighted by molar-refractivity contribution is 14.0. The maximum atomic E-state index is 12.9. The van der Waals surface area contributed by atoms with Crippen LogP contribution in [-0.4, -0.2) is 36.4 Å². The average Bonchev–Trinajstić information content (AvgIpc) is 2.60. The highest BCUT2D eigenvalue weighted by Crippen LogP contribution is 2.37. The smallest absolute Gasteiger partial charge is 0.386 e. The fourth-order valence-electron chi connectivity index (χ4n) is 3.05. The van der Waals surface area contributed by atoms with Crippen molar-refractivity contribution < 1.29 is 22.7 Å². The Balaban J connectivity index is 0.00000364. The van der Waals surface area contributed by atoms with Gasteiger partial charge < -0.3 is 15.7 Å². The van der Waals surface area contributed by atoms with Gasteiger partial charge in [-0.3, -0.25) is 4.99 Å². The predicted octanol–water partition coefficient (Wildman–Crippen LogP) is 4.15. The fourth-order valence-corrected chi connectivity index (χ4v) is 3.05. The van der Waals surface area contributed by atoms with Crippen molar-refractivity contribution in [2.45, 2.75) is 50.9 Å². The zero-order valence-corrected chi connectivity index (χ0v) is 17.4. The highest BCUT2D eigenvalue weighted by atomic mass is 127. The van der Waals surface area contributed by atoms with E-state index >= 15 is 0 Å². The zero-order valence-electron chi connectivity index (χ0n) is 15.1. The van der Waals surface area contributed by atoms with Gasteiger partial charge in [0.25, 0.3) is 0 Å². The van der Waals surface area contributed by atoms with Gasteiger partial charge in [0.1, 0.15) is 5.82 Å². The van der Waals surface area contributed by atoms with Crippen molar-refractivity contribution in [1.29, 1.82) is 0 Å². The van der Waals surface area contributed by atoms with E-state index in [1.807, 2.05) is 6.92 Å². The number of alkyl halides is 3. The Morgan fingerprint density at radius 1 is 1.19 bits per heavy atom. The number of guanidine groups is 1. The molecule has 1 aliphatic rings. The van der Waals surface area contributed by atoms with Crippen molar-refractivity contribution in [2.24, 2.45) is 10.9 Å². The van der Waals surface area contributed by atoms with Gasteiger partial charge in [0, 0.05) is 12.6 Å². The first-order valence-electron chi connectivity index (χ1n) is 8.84. The third-order valence-electron chi connectivity index (χ3n) is 4.55. The molecule has 1 aromatic carbocycles. The standard InChI is InChI=1S/C18H25F4N3O.HI/c1-2-23-17(24-11-16(26)12-3-7-14(19)8-4-12)25-15-9-5-13(6-10-15)18(20,21)22;/h3-4,7-8,13,15-16,26H,2,5-6,9-11H2,1H3,(H2,23,24,25);1H. The Morgan fingerprint density at radius 2 is 1.78 bits per heavy atom. The lowest BCUT2D eigenvalue weighted by atomic mass is 9.85. The number of hydrogen-bond acceptors (Lipinski definition) is 2. The van der Waals surface area contributed by atoms with E-state index in [9.17, 15) is 22.7 Å². The van der Waals surface area contributed by atoms with Gasteiger partial charge in [-0.15, -0.1) is 24.0 Å². The van der Waals surface area contributed by atoms with E-state index in [2.05, 4.69) is 15.6 Å². The predicted molar refractivity (Wildman–Crippen MR) is 108 cm³/mol. The van der Waals surface area contributed by atoms with Crippen LogP contribution in [0.15, 0.2) is 29.3 Å². The molecule has 0 saturated heterocycles.